The van der Waals surface area contributed by atoms with Crippen molar-refractivity contribution in [3.63, 3.8) is 0 Å². The molecule has 0 spiro atoms. The van der Waals surface area contributed by atoms with Crippen molar-refractivity contribution in [1.82, 2.24) is 4.98 Å². The molecule has 0 saturated heterocycles. The van der Waals surface area contributed by atoms with Gasteiger partial charge in [-0.15, -0.1) is 10.2 Å². The van der Waals surface area contributed by atoms with E-state index in [1.54, 1.807) is 24.3 Å². The highest BCUT2D eigenvalue weighted by Gasteiger charge is 2.17. The third-order valence-corrected chi connectivity index (χ3v) is 6.87. The molecule has 0 bridgehead atoms. The van der Waals surface area contributed by atoms with Crippen LogP contribution in [0.15, 0.2) is 87.9 Å². The Hall–Kier alpha value is -3.27. The zero-order valence-corrected chi connectivity index (χ0v) is 19.2. The van der Waals surface area contributed by atoms with E-state index in [4.69, 9.17) is 17.3 Å². The third-order valence-electron chi connectivity index (χ3n) is 4.49. The van der Waals surface area contributed by atoms with Gasteiger partial charge in [-0.3, -0.25) is 4.72 Å². The Balaban J connectivity index is 1.65. The number of azo groups is 1. The molecule has 0 radical (unpaired) electrons. The Morgan fingerprint density at radius 3 is 2.53 bits per heavy atom. The van der Waals surface area contributed by atoms with E-state index in [9.17, 15) is 8.42 Å². The van der Waals surface area contributed by atoms with Gasteiger partial charge in [0.25, 0.3) is 10.0 Å². The summed E-state index contributed by atoms with van der Waals surface area (Å²) in [5.74, 6) is 0. The van der Waals surface area contributed by atoms with Gasteiger partial charge >= 0.3 is 0 Å². The first kappa shape index (κ1) is 21.9. The average Bonchev–Trinajstić information content (AvgIpc) is 3.14. The molecule has 0 aliphatic heterocycles. The van der Waals surface area contributed by atoms with Gasteiger partial charge in [0.2, 0.25) is 0 Å². The molecule has 1 aromatic heterocycles. The molecule has 0 aliphatic carbocycles. The van der Waals surface area contributed by atoms with Gasteiger partial charge in [0, 0.05) is 10.6 Å². The quantitative estimate of drug-likeness (QED) is 0.302. The number of hydrogen-bond acceptors (Lipinski definition) is 7. The Morgan fingerprint density at radius 2 is 1.78 bits per heavy atom. The minimum absolute atomic E-state index is 0.0594. The van der Waals surface area contributed by atoms with Crippen LogP contribution in [0.1, 0.15) is 5.56 Å². The summed E-state index contributed by atoms with van der Waals surface area (Å²) in [4.78, 5) is 4.41. The molecule has 0 aliphatic rings. The van der Waals surface area contributed by atoms with E-state index < -0.39 is 10.0 Å². The first-order valence-corrected chi connectivity index (χ1v) is 12.1. The van der Waals surface area contributed by atoms with Crippen LogP contribution in [-0.4, -0.2) is 13.4 Å². The van der Waals surface area contributed by atoms with Gasteiger partial charge in [0.1, 0.15) is 5.69 Å². The molecular formula is C22H18ClN5O2S2. The number of aryl methyl sites for hydroxylation is 1. The predicted molar refractivity (Wildman–Crippen MR) is 130 cm³/mol. The van der Waals surface area contributed by atoms with Crippen molar-refractivity contribution in [3.05, 3.63) is 83.4 Å². The summed E-state index contributed by atoms with van der Waals surface area (Å²) < 4.78 is 28.2. The van der Waals surface area contributed by atoms with Crippen molar-refractivity contribution in [2.45, 2.75) is 11.8 Å². The van der Waals surface area contributed by atoms with Crippen LogP contribution in [0.3, 0.4) is 0 Å². The first-order valence-electron chi connectivity index (χ1n) is 9.44. The molecule has 4 rings (SSSR count). The molecular weight excluding hydrogens is 466 g/mol. The smallest absolute Gasteiger partial charge is 0.261 e. The fourth-order valence-electron chi connectivity index (χ4n) is 2.91. The van der Waals surface area contributed by atoms with Gasteiger partial charge in [-0.2, -0.15) is 0 Å². The van der Waals surface area contributed by atoms with E-state index in [2.05, 4.69) is 19.9 Å². The number of nitrogens with zero attached hydrogens (tertiary/aromatic N) is 3. The number of benzene rings is 3. The maximum Gasteiger partial charge on any atom is 0.261 e. The maximum atomic E-state index is 12.8. The maximum absolute atomic E-state index is 12.8. The molecule has 3 N–H and O–H groups in total. The average molecular weight is 484 g/mol. The molecule has 10 heteroatoms. The van der Waals surface area contributed by atoms with E-state index >= 15 is 0 Å². The summed E-state index contributed by atoms with van der Waals surface area (Å²) in [6.45, 7) is 1.83. The Morgan fingerprint density at radius 1 is 1.00 bits per heavy atom. The van der Waals surface area contributed by atoms with Crippen LogP contribution in [0.2, 0.25) is 5.02 Å². The number of halogens is 1. The van der Waals surface area contributed by atoms with Gasteiger partial charge in [0.15, 0.2) is 10.1 Å². The molecule has 0 amide bonds. The fraction of sp³-hybridized carbons (Fsp3) is 0.0455. The van der Waals surface area contributed by atoms with E-state index in [0.29, 0.717) is 32.2 Å². The van der Waals surface area contributed by atoms with Gasteiger partial charge in [0.05, 0.1) is 16.3 Å². The summed E-state index contributed by atoms with van der Waals surface area (Å²) in [7, 11) is -3.84. The van der Waals surface area contributed by atoms with Crippen molar-refractivity contribution >= 4 is 54.5 Å². The normalized spacial score (nSPS) is 11.7. The number of nitrogens with two attached hydrogens (primary N) is 1. The number of nitrogen functional groups attached to an aromatic ring is 1. The molecule has 7 nitrogen and oxygen atoms in total. The molecule has 0 atom stereocenters. The Labute approximate surface area is 194 Å². The molecule has 0 fully saturated rings. The Bertz CT molecular complexity index is 1400. The number of thiazole rings is 1. The van der Waals surface area contributed by atoms with Gasteiger partial charge in [-0.1, -0.05) is 65.4 Å². The standard InChI is InChI=1S/C22H18ClN5O2S2/c1-14-10-11-18(32(29,30)28-17-9-5-8-16(23)12-17)13-19(14)26-27-21-20(25-22(24)31-21)15-6-3-2-4-7-15/h2-13,28H,1H3,(H2,24,25). The predicted octanol–water partition coefficient (Wildman–Crippen LogP) is 6.57. The second-order valence-electron chi connectivity index (χ2n) is 6.84. The minimum Gasteiger partial charge on any atom is -0.375 e. The van der Waals surface area contributed by atoms with Crippen LogP contribution in [0.25, 0.3) is 11.3 Å². The highest BCUT2D eigenvalue weighted by atomic mass is 35.5. The molecule has 0 unspecified atom stereocenters. The second kappa shape index (κ2) is 9.07. The largest absolute Gasteiger partial charge is 0.375 e. The summed E-state index contributed by atoms with van der Waals surface area (Å²) in [5.41, 5.74) is 8.95. The van der Waals surface area contributed by atoms with Crippen LogP contribution in [0.5, 0.6) is 0 Å². The van der Waals surface area contributed by atoms with Crippen LogP contribution >= 0.6 is 22.9 Å². The Kier molecular flexibility index (Phi) is 6.22. The van der Waals surface area contributed by atoms with Gasteiger partial charge < -0.3 is 5.73 Å². The lowest BCUT2D eigenvalue weighted by Gasteiger charge is -2.09. The molecule has 162 valence electrons. The lowest BCUT2D eigenvalue weighted by molar-refractivity contribution is 0.601. The topological polar surface area (TPSA) is 110 Å². The van der Waals surface area contributed by atoms with Crippen LogP contribution in [-0.2, 0) is 10.0 Å². The van der Waals surface area contributed by atoms with Crippen molar-refractivity contribution in [3.8, 4) is 11.3 Å². The van der Waals surface area contributed by atoms with Crippen molar-refractivity contribution in [2.75, 3.05) is 10.5 Å². The lowest BCUT2D eigenvalue weighted by Crippen LogP contribution is -2.12. The molecule has 32 heavy (non-hydrogen) atoms. The zero-order valence-electron chi connectivity index (χ0n) is 16.9. The van der Waals surface area contributed by atoms with E-state index in [1.165, 1.54) is 29.5 Å². The lowest BCUT2D eigenvalue weighted by atomic mass is 10.2. The number of anilines is 2. The van der Waals surface area contributed by atoms with E-state index in [-0.39, 0.29) is 4.90 Å². The number of hydrogen-bond donors (Lipinski definition) is 2. The molecule has 0 saturated carbocycles. The van der Waals surface area contributed by atoms with Crippen molar-refractivity contribution in [1.29, 1.82) is 0 Å². The second-order valence-corrected chi connectivity index (χ2v) is 9.96. The van der Waals surface area contributed by atoms with Crippen LogP contribution < -0.4 is 10.5 Å². The minimum atomic E-state index is -3.84. The fourth-order valence-corrected chi connectivity index (χ4v) is 4.85. The highest BCUT2D eigenvalue weighted by molar-refractivity contribution is 7.92. The summed E-state index contributed by atoms with van der Waals surface area (Å²) >= 11 is 7.16. The van der Waals surface area contributed by atoms with Crippen LogP contribution in [0.4, 0.5) is 21.5 Å². The molecule has 3 aromatic carbocycles. The number of rotatable bonds is 6. The zero-order chi connectivity index (χ0) is 22.7. The SMILES string of the molecule is Cc1ccc(S(=O)(=O)Nc2cccc(Cl)c2)cc1N=Nc1sc(N)nc1-c1ccccc1. The van der Waals surface area contributed by atoms with Crippen molar-refractivity contribution in [2.24, 2.45) is 10.2 Å². The summed E-state index contributed by atoms with van der Waals surface area (Å²) in [6.07, 6.45) is 0. The van der Waals surface area contributed by atoms with Gasteiger partial charge in [-0.25, -0.2) is 13.4 Å². The van der Waals surface area contributed by atoms with E-state index in [1.807, 2.05) is 37.3 Å². The van der Waals surface area contributed by atoms with Crippen molar-refractivity contribution < 1.29 is 8.42 Å². The van der Waals surface area contributed by atoms with E-state index in [0.717, 1.165) is 11.1 Å². The third kappa shape index (κ3) is 4.96. The monoisotopic (exact) mass is 483 g/mol. The van der Waals surface area contributed by atoms with Crippen LogP contribution in [0, 0.1) is 6.92 Å². The highest BCUT2D eigenvalue weighted by Crippen LogP contribution is 2.38. The number of aromatic nitrogens is 1. The van der Waals surface area contributed by atoms with Gasteiger partial charge in [-0.05, 0) is 42.8 Å². The molecule has 4 aromatic rings. The number of nitrogens with one attached hydrogen (secondary N) is 1. The summed E-state index contributed by atoms with van der Waals surface area (Å²) in [6, 6.07) is 20.7. The first-order chi connectivity index (χ1) is 15.3. The summed E-state index contributed by atoms with van der Waals surface area (Å²) in [5, 5.41) is 9.96. The number of sulfonamides is 1. The molecule has 1 heterocycles.